The summed E-state index contributed by atoms with van der Waals surface area (Å²) in [4.78, 5) is 14.4. The largest absolute Gasteiger partial charge is 0.375 e. The second kappa shape index (κ2) is 5.74. The molecule has 2 saturated heterocycles. The van der Waals surface area contributed by atoms with Gasteiger partial charge in [0.05, 0.1) is 18.6 Å². The van der Waals surface area contributed by atoms with Crippen LogP contribution in [0.5, 0.6) is 0 Å². The summed E-state index contributed by atoms with van der Waals surface area (Å²) < 4.78 is 5.87. The average Bonchev–Trinajstić information content (AvgIpc) is 2.80. The molecule has 0 radical (unpaired) electrons. The first-order chi connectivity index (χ1) is 9.63. The molecule has 0 aliphatic carbocycles. The van der Waals surface area contributed by atoms with Crippen LogP contribution in [-0.2, 0) is 16.0 Å². The first-order valence-electron chi connectivity index (χ1n) is 7.30. The molecule has 3 atom stereocenters. The van der Waals surface area contributed by atoms with Crippen molar-refractivity contribution < 1.29 is 9.53 Å². The molecule has 2 fully saturated rings. The molecule has 1 amide bonds. The van der Waals surface area contributed by atoms with Crippen LogP contribution in [0.25, 0.3) is 0 Å². The van der Waals surface area contributed by atoms with Crippen LogP contribution in [0.1, 0.15) is 25.3 Å². The number of rotatable bonds is 2. The predicted octanol–water partition coefficient (Wildman–Crippen LogP) is 2.91. The van der Waals surface area contributed by atoms with Gasteiger partial charge >= 0.3 is 0 Å². The number of nitrogens with zero attached hydrogens (tertiary/aromatic N) is 1. The van der Waals surface area contributed by atoms with Gasteiger partial charge in [0.25, 0.3) is 0 Å². The zero-order valence-electron chi connectivity index (χ0n) is 11.7. The highest BCUT2D eigenvalue weighted by atomic mass is 35.5. The van der Waals surface area contributed by atoms with Crippen molar-refractivity contribution in [2.24, 2.45) is 5.92 Å². The monoisotopic (exact) mass is 293 g/mol. The molecular weight excluding hydrogens is 274 g/mol. The highest BCUT2D eigenvalue weighted by Crippen LogP contribution is 2.32. The second-order valence-electron chi connectivity index (χ2n) is 5.88. The molecule has 0 unspecified atom stereocenters. The molecule has 0 spiro atoms. The third-order valence-corrected chi connectivity index (χ3v) is 4.73. The SMILES string of the molecule is C[C@H]1C[C@H]2CN(C(=O)Cc3ccccc3Cl)CC[C@H]2O1. The van der Waals surface area contributed by atoms with E-state index in [1.54, 1.807) is 0 Å². The van der Waals surface area contributed by atoms with E-state index < -0.39 is 0 Å². The van der Waals surface area contributed by atoms with E-state index >= 15 is 0 Å². The predicted molar refractivity (Wildman–Crippen MR) is 78.8 cm³/mol. The van der Waals surface area contributed by atoms with Gasteiger partial charge in [-0.2, -0.15) is 0 Å². The van der Waals surface area contributed by atoms with Crippen LogP contribution in [0, 0.1) is 5.92 Å². The minimum absolute atomic E-state index is 0.177. The normalized spacial score (nSPS) is 29.3. The first kappa shape index (κ1) is 13.9. The van der Waals surface area contributed by atoms with E-state index in [1.807, 2.05) is 29.2 Å². The summed E-state index contributed by atoms with van der Waals surface area (Å²) in [6, 6.07) is 7.57. The first-order valence-corrected chi connectivity index (χ1v) is 7.68. The fraction of sp³-hybridized carbons (Fsp3) is 0.562. The molecule has 4 heteroatoms. The van der Waals surface area contributed by atoms with E-state index in [0.717, 1.165) is 31.5 Å². The number of piperidine rings is 1. The van der Waals surface area contributed by atoms with Crippen molar-refractivity contribution in [2.45, 2.75) is 38.4 Å². The zero-order valence-corrected chi connectivity index (χ0v) is 12.5. The Morgan fingerprint density at radius 2 is 2.25 bits per heavy atom. The van der Waals surface area contributed by atoms with Gasteiger partial charge in [-0.25, -0.2) is 0 Å². The van der Waals surface area contributed by atoms with Gasteiger partial charge in [-0.15, -0.1) is 0 Å². The summed E-state index contributed by atoms with van der Waals surface area (Å²) in [5, 5.41) is 0.675. The minimum Gasteiger partial charge on any atom is -0.375 e. The van der Waals surface area contributed by atoms with Gasteiger partial charge in [0.1, 0.15) is 0 Å². The lowest BCUT2D eigenvalue weighted by atomic mass is 9.92. The van der Waals surface area contributed by atoms with Crippen LogP contribution >= 0.6 is 11.6 Å². The van der Waals surface area contributed by atoms with Crippen molar-refractivity contribution in [1.82, 2.24) is 4.90 Å². The van der Waals surface area contributed by atoms with Gasteiger partial charge < -0.3 is 9.64 Å². The van der Waals surface area contributed by atoms with Crippen molar-refractivity contribution in [3.63, 3.8) is 0 Å². The van der Waals surface area contributed by atoms with E-state index in [0.29, 0.717) is 29.6 Å². The summed E-state index contributed by atoms with van der Waals surface area (Å²) in [5.41, 5.74) is 0.914. The van der Waals surface area contributed by atoms with Crippen molar-refractivity contribution >= 4 is 17.5 Å². The zero-order chi connectivity index (χ0) is 14.1. The van der Waals surface area contributed by atoms with E-state index in [9.17, 15) is 4.79 Å². The smallest absolute Gasteiger partial charge is 0.227 e. The molecule has 0 saturated carbocycles. The van der Waals surface area contributed by atoms with Crippen molar-refractivity contribution in [1.29, 1.82) is 0 Å². The van der Waals surface area contributed by atoms with Gasteiger partial charge in [0.2, 0.25) is 5.91 Å². The van der Waals surface area contributed by atoms with Crippen LogP contribution in [-0.4, -0.2) is 36.1 Å². The summed E-state index contributed by atoms with van der Waals surface area (Å²) in [7, 11) is 0. The lowest BCUT2D eigenvalue weighted by Crippen LogP contribution is -2.45. The lowest BCUT2D eigenvalue weighted by Gasteiger charge is -2.34. The van der Waals surface area contributed by atoms with Gasteiger partial charge in [0.15, 0.2) is 0 Å². The minimum atomic E-state index is 0.177. The topological polar surface area (TPSA) is 29.5 Å². The number of hydrogen-bond donors (Lipinski definition) is 0. The molecular formula is C16H20ClNO2. The fourth-order valence-corrected chi connectivity index (χ4v) is 3.54. The Labute approximate surface area is 124 Å². The molecule has 2 aliphatic heterocycles. The third-order valence-electron chi connectivity index (χ3n) is 4.36. The molecule has 20 heavy (non-hydrogen) atoms. The quantitative estimate of drug-likeness (QED) is 0.839. The summed E-state index contributed by atoms with van der Waals surface area (Å²) >= 11 is 6.12. The molecule has 0 N–H and O–H groups in total. The van der Waals surface area contributed by atoms with E-state index in [-0.39, 0.29) is 5.91 Å². The maximum atomic E-state index is 12.4. The number of hydrogen-bond acceptors (Lipinski definition) is 2. The second-order valence-corrected chi connectivity index (χ2v) is 6.28. The van der Waals surface area contributed by atoms with Crippen LogP contribution in [0.2, 0.25) is 5.02 Å². The van der Waals surface area contributed by atoms with E-state index in [4.69, 9.17) is 16.3 Å². The van der Waals surface area contributed by atoms with E-state index in [1.165, 1.54) is 0 Å². The Morgan fingerprint density at radius 3 is 3.05 bits per heavy atom. The summed E-state index contributed by atoms with van der Waals surface area (Å²) in [6.45, 7) is 3.75. The van der Waals surface area contributed by atoms with Crippen molar-refractivity contribution in [3.8, 4) is 0 Å². The molecule has 1 aromatic rings. The Bertz CT molecular complexity index is 505. The molecule has 2 aliphatic rings. The number of carbonyl (C=O) groups excluding carboxylic acids is 1. The lowest BCUT2D eigenvalue weighted by molar-refractivity contribution is -0.133. The number of benzene rings is 1. The Balaban J connectivity index is 1.62. The van der Waals surface area contributed by atoms with Gasteiger partial charge in [-0.3, -0.25) is 4.79 Å². The van der Waals surface area contributed by atoms with E-state index in [2.05, 4.69) is 6.92 Å². The number of ether oxygens (including phenoxy) is 1. The van der Waals surface area contributed by atoms with Gasteiger partial charge in [0, 0.05) is 24.0 Å². The summed E-state index contributed by atoms with van der Waals surface area (Å²) in [5.74, 6) is 0.685. The Morgan fingerprint density at radius 1 is 1.45 bits per heavy atom. The highest BCUT2D eigenvalue weighted by molar-refractivity contribution is 6.31. The fourth-order valence-electron chi connectivity index (χ4n) is 3.34. The molecule has 108 valence electrons. The Kier molecular flexibility index (Phi) is 3.99. The number of halogens is 1. The molecule has 3 nitrogen and oxygen atoms in total. The van der Waals surface area contributed by atoms with Crippen LogP contribution in [0.3, 0.4) is 0 Å². The van der Waals surface area contributed by atoms with Crippen molar-refractivity contribution in [2.75, 3.05) is 13.1 Å². The van der Waals surface area contributed by atoms with Crippen LogP contribution in [0.4, 0.5) is 0 Å². The van der Waals surface area contributed by atoms with Crippen molar-refractivity contribution in [3.05, 3.63) is 34.9 Å². The molecule has 3 rings (SSSR count). The maximum absolute atomic E-state index is 12.4. The molecule has 1 aromatic carbocycles. The van der Waals surface area contributed by atoms with Crippen LogP contribution < -0.4 is 0 Å². The van der Waals surface area contributed by atoms with Crippen LogP contribution in [0.15, 0.2) is 24.3 Å². The van der Waals surface area contributed by atoms with Gasteiger partial charge in [-0.05, 0) is 31.4 Å². The number of carbonyl (C=O) groups is 1. The standard InChI is InChI=1S/C16H20ClNO2/c1-11-8-13-10-18(7-6-15(13)20-11)16(19)9-12-4-2-3-5-14(12)17/h2-5,11,13,15H,6-10H2,1H3/t11-,13-,15+/m0/s1. The highest BCUT2D eigenvalue weighted by Gasteiger charge is 2.38. The molecule has 2 heterocycles. The molecule has 0 bridgehead atoms. The van der Waals surface area contributed by atoms with Gasteiger partial charge in [-0.1, -0.05) is 29.8 Å². The number of amides is 1. The number of likely N-dealkylation sites (tertiary alicyclic amines) is 1. The Hall–Kier alpha value is -1.06. The number of fused-ring (bicyclic) bond motifs is 1. The third kappa shape index (κ3) is 2.84. The summed E-state index contributed by atoms with van der Waals surface area (Å²) in [6.07, 6.45) is 3.12. The maximum Gasteiger partial charge on any atom is 0.227 e. The molecule has 0 aromatic heterocycles. The average molecular weight is 294 g/mol.